The first-order valence-corrected chi connectivity index (χ1v) is 8.28. The zero-order valence-electron chi connectivity index (χ0n) is 12.6. The molecule has 1 heterocycles. The predicted octanol–water partition coefficient (Wildman–Crippen LogP) is 4.01. The molecule has 0 atom stereocenters. The number of hydrogen-bond donors (Lipinski definition) is 2. The number of halogens is 1. The normalized spacial score (nSPS) is 16.9. The Hall–Kier alpha value is -1.29. The maximum absolute atomic E-state index is 12.4. The fourth-order valence-corrected chi connectivity index (χ4v) is 2.94. The van der Waals surface area contributed by atoms with Crippen LogP contribution in [0.15, 0.2) is 12.3 Å². The van der Waals surface area contributed by atoms with Gasteiger partial charge < -0.3 is 10.6 Å². The van der Waals surface area contributed by atoms with E-state index in [-0.39, 0.29) is 11.9 Å². The highest BCUT2D eigenvalue weighted by molar-refractivity contribution is 6.33. The molecule has 1 aromatic rings. The van der Waals surface area contributed by atoms with Gasteiger partial charge in [0, 0.05) is 18.8 Å². The average molecular weight is 310 g/mol. The second kappa shape index (κ2) is 8.23. The Morgan fingerprint density at radius 1 is 1.29 bits per heavy atom. The van der Waals surface area contributed by atoms with Crippen LogP contribution in [0.1, 0.15) is 62.2 Å². The Labute approximate surface area is 131 Å². The molecule has 1 fully saturated rings. The molecule has 0 saturated heterocycles. The molecule has 4 nitrogen and oxygen atoms in total. The molecule has 1 aliphatic carbocycles. The van der Waals surface area contributed by atoms with Gasteiger partial charge in [-0.2, -0.15) is 0 Å². The van der Waals surface area contributed by atoms with Crippen molar-refractivity contribution in [3.63, 3.8) is 0 Å². The molecule has 2 rings (SSSR count). The maximum atomic E-state index is 12.4. The van der Waals surface area contributed by atoms with E-state index in [0.717, 1.165) is 19.4 Å². The number of carbonyl (C=O) groups excluding carboxylic acids is 1. The molecule has 2 N–H and O–H groups in total. The number of rotatable bonds is 4. The SMILES string of the molecule is CCNc1cc(C(=O)NC2CCCCCCC2)c(Cl)cn1. The number of nitrogens with one attached hydrogen (secondary N) is 2. The van der Waals surface area contributed by atoms with E-state index >= 15 is 0 Å². The van der Waals surface area contributed by atoms with Gasteiger partial charge in [-0.25, -0.2) is 4.98 Å². The largest absolute Gasteiger partial charge is 0.370 e. The van der Waals surface area contributed by atoms with Crippen LogP contribution in [0.5, 0.6) is 0 Å². The highest BCUT2D eigenvalue weighted by Crippen LogP contribution is 2.20. The quantitative estimate of drug-likeness (QED) is 0.883. The van der Waals surface area contributed by atoms with E-state index in [2.05, 4.69) is 15.6 Å². The average Bonchev–Trinajstić information content (AvgIpc) is 2.44. The van der Waals surface area contributed by atoms with Crippen molar-refractivity contribution >= 4 is 23.3 Å². The molecule has 0 aromatic carbocycles. The number of anilines is 1. The smallest absolute Gasteiger partial charge is 0.253 e. The van der Waals surface area contributed by atoms with Crippen molar-refractivity contribution in [2.45, 2.75) is 57.9 Å². The molecule has 1 aliphatic rings. The Morgan fingerprint density at radius 3 is 2.62 bits per heavy atom. The zero-order valence-corrected chi connectivity index (χ0v) is 13.4. The van der Waals surface area contributed by atoms with Gasteiger partial charge >= 0.3 is 0 Å². The van der Waals surface area contributed by atoms with Crippen LogP contribution >= 0.6 is 11.6 Å². The zero-order chi connectivity index (χ0) is 15.1. The molecule has 0 bridgehead atoms. The van der Waals surface area contributed by atoms with Crippen LogP contribution in [-0.2, 0) is 0 Å². The second-order valence-corrected chi connectivity index (χ2v) is 6.00. The van der Waals surface area contributed by atoms with Crippen LogP contribution < -0.4 is 10.6 Å². The molecular formula is C16H24ClN3O. The van der Waals surface area contributed by atoms with Crippen LogP contribution in [0.2, 0.25) is 5.02 Å². The van der Waals surface area contributed by atoms with E-state index in [1.165, 1.54) is 38.3 Å². The summed E-state index contributed by atoms with van der Waals surface area (Å²) < 4.78 is 0. The molecule has 0 radical (unpaired) electrons. The van der Waals surface area contributed by atoms with Gasteiger partial charge in [0.25, 0.3) is 5.91 Å². The monoisotopic (exact) mass is 309 g/mol. The first-order valence-electron chi connectivity index (χ1n) is 7.91. The minimum Gasteiger partial charge on any atom is -0.370 e. The van der Waals surface area contributed by atoms with E-state index < -0.39 is 0 Å². The van der Waals surface area contributed by atoms with Gasteiger partial charge in [-0.05, 0) is 25.8 Å². The van der Waals surface area contributed by atoms with Crippen molar-refractivity contribution in [2.24, 2.45) is 0 Å². The van der Waals surface area contributed by atoms with E-state index in [0.29, 0.717) is 16.4 Å². The summed E-state index contributed by atoms with van der Waals surface area (Å²) in [5.74, 6) is 0.594. The standard InChI is InChI=1S/C16H24ClN3O/c1-2-18-15-10-13(14(17)11-19-15)16(21)20-12-8-6-4-3-5-7-9-12/h10-12H,2-9H2,1H3,(H,18,19)(H,20,21). The number of carbonyl (C=O) groups is 1. The lowest BCUT2D eigenvalue weighted by atomic mass is 9.96. The second-order valence-electron chi connectivity index (χ2n) is 5.60. The van der Waals surface area contributed by atoms with Crippen LogP contribution in [0.4, 0.5) is 5.82 Å². The lowest BCUT2D eigenvalue weighted by Gasteiger charge is -2.21. The van der Waals surface area contributed by atoms with Gasteiger partial charge in [0.2, 0.25) is 0 Å². The van der Waals surface area contributed by atoms with Crippen molar-refractivity contribution in [2.75, 3.05) is 11.9 Å². The van der Waals surface area contributed by atoms with E-state index in [9.17, 15) is 4.79 Å². The van der Waals surface area contributed by atoms with Crippen molar-refractivity contribution in [1.82, 2.24) is 10.3 Å². The number of amides is 1. The molecule has 5 heteroatoms. The summed E-state index contributed by atoms with van der Waals surface area (Å²) in [5.41, 5.74) is 0.504. The summed E-state index contributed by atoms with van der Waals surface area (Å²) in [6.07, 6.45) is 9.91. The maximum Gasteiger partial charge on any atom is 0.253 e. The third kappa shape index (κ3) is 4.88. The summed E-state index contributed by atoms with van der Waals surface area (Å²) in [7, 11) is 0. The molecule has 21 heavy (non-hydrogen) atoms. The number of pyridine rings is 1. The van der Waals surface area contributed by atoms with Crippen LogP contribution in [-0.4, -0.2) is 23.5 Å². The summed E-state index contributed by atoms with van der Waals surface area (Å²) in [5, 5.41) is 6.64. The molecule has 1 saturated carbocycles. The summed E-state index contributed by atoms with van der Waals surface area (Å²) >= 11 is 6.12. The molecule has 1 aromatic heterocycles. The summed E-state index contributed by atoms with van der Waals surface area (Å²) in [6, 6.07) is 1.99. The van der Waals surface area contributed by atoms with Crippen molar-refractivity contribution in [3.8, 4) is 0 Å². The van der Waals surface area contributed by atoms with Crippen molar-refractivity contribution in [1.29, 1.82) is 0 Å². The minimum atomic E-state index is -0.0906. The molecular weight excluding hydrogens is 286 g/mol. The fraction of sp³-hybridized carbons (Fsp3) is 0.625. The number of nitrogens with zero attached hydrogens (tertiary/aromatic N) is 1. The number of aromatic nitrogens is 1. The van der Waals surface area contributed by atoms with Crippen molar-refractivity contribution < 1.29 is 4.79 Å². The third-order valence-electron chi connectivity index (χ3n) is 3.90. The lowest BCUT2D eigenvalue weighted by Crippen LogP contribution is -2.35. The highest BCUT2D eigenvalue weighted by atomic mass is 35.5. The molecule has 0 aliphatic heterocycles. The van der Waals surface area contributed by atoms with Gasteiger partial charge in [-0.3, -0.25) is 4.79 Å². The van der Waals surface area contributed by atoms with Gasteiger partial charge in [0.1, 0.15) is 5.82 Å². The van der Waals surface area contributed by atoms with E-state index in [4.69, 9.17) is 11.6 Å². The number of hydrogen-bond acceptors (Lipinski definition) is 3. The van der Waals surface area contributed by atoms with Gasteiger partial charge in [-0.15, -0.1) is 0 Å². The molecule has 1 amide bonds. The van der Waals surface area contributed by atoms with Crippen LogP contribution in [0.3, 0.4) is 0 Å². The summed E-state index contributed by atoms with van der Waals surface area (Å²) in [4.78, 5) is 16.6. The highest BCUT2D eigenvalue weighted by Gasteiger charge is 2.17. The van der Waals surface area contributed by atoms with Crippen LogP contribution in [0, 0.1) is 0 Å². The van der Waals surface area contributed by atoms with E-state index in [1.807, 2.05) is 6.92 Å². The first-order chi connectivity index (χ1) is 10.2. The van der Waals surface area contributed by atoms with Gasteiger partial charge in [0.05, 0.1) is 10.6 Å². The molecule has 0 spiro atoms. The van der Waals surface area contributed by atoms with Gasteiger partial charge in [-0.1, -0.05) is 43.7 Å². The van der Waals surface area contributed by atoms with Crippen LogP contribution in [0.25, 0.3) is 0 Å². The summed E-state index contributed by atoms with van der Waals surface area (Å²) in [6.45, 7) is 2.75. The fourth-order valence-electron chi connectivity index (χ4n) is 2.75. The molecule has 0 unspecified atom stereocenters. The van der Waals surface area contributed by atoms with Gasteiger partial charge in [0.15, 0.2) is 0 Å². The third-order valence-corrected chi connectivity index (χ3v) is 4.20. The van der Waals surface area contributed by atoms with E-state index in [1.54, 1.807) is 6.07 Å². The predicted molar refractivity (Wildman–Crippen MR) is 87.0 cm³/mol. The first kappa shape index (κ1) is 16.1. The minimum absolute atomic E-state index is 0.0906. The Morgan fingerprint density at radius 2 is 1.95 bits per heavy atom. The molecule has 116 valence electrons. The topological polar surface area (TPSA) is 54.0 Å². The Kier molecular flexibility index (Phi) is 6.30. The lowest BCUT2D eigenvalue weighted by molar-refractivity contribution is 0.0930. The Balaban J connectivity index is 2.02. The Bertz CT molecular complexity index is 471. The van der Waals surface area contributed by atoms with Crippen molar-refractivity contribution in [3.05, 3.63) is 22.8 Å².